The molecule has 0 radical (unpaired) electrons. The summed E-state index contributed by atoms with van der Waals surface area (Å²) in [4.78, 5) is 0. The molecule has 0 bridgehead atoms. The van der Waals surface area contributed by atoms with Gasteiger partial charge in [-0.3, -0.25) is 0 Å². The minimum absolute atomic E-state index is 0.0394. The number of hydrogen-bond donors (Lipinski definition) is 1. The summed E-state index contributed by atoms with van der Waals surface area (Å²) in [5.74, 6) is 0. The Kier molecular flexibility index (Phi) is 4.69. The van der Waals surface area contributed by atoms with Crippen molar-refractivity contribution in [2.75, 3.05) is 13.1 Å². The Morgan fingerprint density at radius 2 is 1.91 bits per heavy atom. The van der Waals surface area contributed by atoms with Gasteiger partial charge in [0.25, 0.3) is 0 Å². The summed E-state index contributed by atoms with van der Waals surface area (Å²) in [6.07, 6.45) is 0.369. The van der Waals surface area contributed by atoms with Crippen molar-refractivity contribution in [1.82, 2.24) is 5.32 Å². The van der Waals surface area contributed by atoms with E-state index < -0.39 is 0 Å². The standard InChI is InChI=1S/C7H15NO.C2H6/c1-6-4-8-5-7(2,3)9-6;1-2/h6,8H,4-5H2,1-3H3;1-2H3. The van der Waals surface area contributed by atoms with E-state index in [-0.39, 0.29) is 5.60 Å². The number of rotatable bonds is 0. The average molecular weight is 159 g/mol. The van der Waals surface area contributed by atoms with Crippen molar-refractivity contribution in [2.45, 2.75) is 46.3 Å². The first-order valence-electron chi connectivity index (χ1n) is 4.49. The minimum atomic E-state index is 0.0394. The average Bonchev–Trinajstić information content (AvgIpc) is 1.89. The minimum Gasteiger partial charge on any atom is -0.370 e. The third-order valence-corrected chi connectivity index (χ3v) is 1.50. The van der Waals surface area contributed by atoms with Gasteiger partial charge in [0, 0.05) is 13.1 Å². The van der Waals surface area contributed by atoms with Crippen LogP contribution in [-0.2, 0) is 4.74 Å². The molecule has 0 aromatic carbocycles. The summed E-state index contributed by atoms with van der Waals surface area (Å²) in [5.41, 5.74) is 0.0394. The Morgan fingerprint density at radius 1 is 1.36 bits per heavy atom. The highest BCUT2D eigenvalue weighted by Crippen LogP contribution is 2.13. The van der Waals surface area contributed by atoms with Crippen LogP contribution >= 0.6 is 0 Å². The van der Waals surface area contributed by atoms with Gasteiger partial charge in [0.2, 0.25) is 0 Å². The molecule has 1 fully saturated rings. The highest BCUT2D eigenvalue weighted by Gasteiger charge is 2.25. The second kappa shape index (κ2) is 4.73. The first-order chi connectivity index (χ1) is 5.10. The Bertz CT molecular complexity index is 102. The maximum atomic E-state index is 5.61. The van der Waals surface area contributed by atoms with Gasteiger partial charge in [-0.15, -0.1) is 0 Å². The summed E-state index contributed by atoms with van der Waals surface area (Å²) in [6.45, 7) is 12.3. The van der Waals surface area contributed by atoms with Crippen molar-refractivity contribution in [2.24, 2.45) is 0 Å². The van der Waals surface area contributed by atoms with Crippen LogP contribution < -0.4 is 5.32 Å². The van der Waals surface area contributed by atoms with Gasteiger partial charge in [-0.2, -0.15) is 0 Å². The van der Waals surface area contributed by atoms with Crippen LogP contribution in [0, 0.1) is 0 Å². The molecule has 11 heavy (non-hydrogen) atoms. The van der Waals surface area contributed by atoms with Gasteiger partial charge in [0.1, 0.15) is 0 Å². The second-order valence-corrected chi connectivity index (χ2v) is 3.32. The zero-order valence-electron chi connectivity index (χ0n) is 8.40. The van der Waals surface area contributed by atoms with Gasteiger partial charge in [-0.1, -0.05) is 13.8 Å². The lowest BCUT2D eigenvalue weighted by Gasteiger charge is -2.34. The molecule has 1 aliphatic rings. The van der Waals surface area contributed by atoms with Crippen LogP contribution in [0.4, 0.5) is 0 Å². The van der Waals surface area contributed by atoms with Crippen LogP contribution in [0.3, 0.4) is 0 Å². The molecule has 1 aliphatic heterocycles. The van der Waals surface area contributed by atoms with Crippen LogP contribution in [0.1, 0.15) is 34.6 Å². The predicted octanol–water partition coefficient (Wildman–Crippen LogP) is 1.80. The van der Waals surface area contributed by atoms with E-state index in [9.17, 15) is 0 Å². The predicted molar refractivity (Wildman–Crippen MR) is 48.8 cm³/mol. The Morgan fingerprint density at radius 3 is 2.18 bits per heavy atom. The molecule has 0 spiro atoms. The number of nitrogens with one attached hydrogen (secondary N) is 1. The van der Waals surface area contributed by atoms with Crippen molar-refractivity contribution in [1.29, 1.82) is 0 Å². The Hall–Kier alpha value is -0.0800. The van der Waals surface area contributed by atoms with E-state index in [0.29, 0.717) is 6.10 Å². The van der Waals surface area contributed by atoms with Gasteiger partial charge in [0.15, 0.2) is 0 Å². The fourth-order valence-corrected chi connectivity index (χ4v) is 1.20. The summed E-state index contributed by atoms with van der Waals surface area (Å²) >= 11 is 0. The van der Waals surface area contributed by atoms with E-state index in [0.717, 1.165) is 13.1 Å². The molecule has 2 heteroatoms. The summed E-state index contributed by atoms with van der Waals surface area (Å²) in [5, 5.41) is 3.30. The molecule has 0 aromatic heterocycles. The van der Waals surface area contributed by atoms with Crippen LogP contribution in [0.25, 0.3) is 0 Å². The molecule has 1 saturated heterocycles. The number of morpholine rings is 1. The van der Waals surface area contributed by atoms with E-state index in [2.05, 4.69) is 26.1 Å². The molecule has 1 heterocycles. The fraction of sp³-hybridized carbons (Fsp3) is 1.00. The van der Waals surface area contributed by atoms with E-state index in [1.807, 2.05) is 13.8 Å². The molecule has 0 saturated carbocycles. The van der Waals surface area contributed by atoms with E-state index in [1.165, 1.54) is 0 Å². The zero-order valence-corrected chi connectivity index (χ0v) is 8.40. The van der Waals surface area contributed by atoms with Crippen LogP contribution in [0.15, 0.2) is 0 Å². The molecule has 2 nitrogen and oxygen atoms in total. The maximum Gasteiger partial charge on any atom is 0.0754 e. The zero-order chi connectivity index (χ0) is 8.91. The van der Waals surface area contributed by atoms with Gasteiger partial charge in [0.05, 0.1) is 11.7 Å². The van der Waals surface area contributed by atoms with Crippen LogP contribution in [-0.4, -0.2) is 24.8 Å². The number of ether oxygens (including phenoxy) is 1. The summed E-state index contributed by atoms with van der Waals surface area (Å²) in [7, 11) is 0. The van der Waals surface area contributed by atoms with Crippen molar-refractivity contribution in [3.05, 3.63) is 0 Å². The molecule has 1 rings (SSSR count). The maximum absolute atomic E-state index is 5.61. The fourth-order valence-electron chi connectivity index (χ4n) is 1.20. The third kappa shape index (κ3) is 4.38. The molecular formula is C9H21NO. The molecule has 68 valence electrons. The van der Waals surface area contributed by atoms with E-state index in [1.54, 1.807) is 0 Å². The number of hydrogen-bond acceptors (Lipinski definition) is 2. The highest BCUT2D eigenvalue weighted by atomic mass is 16.5. The molecule has 1 N–H and O–H groups in total. The first kappa shape index (κ1) is 10.9. The largest absolute Gasteiger partial charge is 0.370 e. The van der Waals surface area contributed by atoms with E-state index >= 15 is 0 Å². The monoisotopic (exact) mass is 159 g/mol. The molecule has 1 atom stereocenters. The normalized spacial score (nSPS) is 28.6. The van der Waals surface area contributed by atoms with Gasteiger partial charge in [-0.25, -0.2) is 0 Å². The van der Waals surface area contributed by atoms with Gasteiger partial charge >= 0.3 is 0 Å². The third-order valence-electron chi connectivity index (χ3n) is 1.50. The molecule has 1 unspecified atom stereocenters. The van der Waals surface area contributed by atoms with E-state index in [4.69, 9.17) is 4.74 Å². The SMILES string of the molecule is CC.CC1CNCC(C)(C)O1. The summed E-state index contributed by atoms with van der Waals surface area (Å²) < 4.78 is 5.61. The van der Waals surface area contributed by atoms with Gasteiger partial charge in [-0.05, 0) is 20.8 Å². The summed E-state index contributed by atoms with van der Waals surface area (Å²) in [6, 6.07) is 0. The van der Waals surface area contributed by atoms with Crippen LogP contribution in [0.5, 0.6) is 0 Å². The Balaban J connectivity index is 0.000000461. The van der Waals surface area contributed by atoms with Gasteiger partial charge < -0.3 is 10.1 Å². The van der Waals surface area contributed by atoms with Crippen LogP contribution in [0.2, 0.25) is 0 Å². The van der Waals surface area contributed by atoms with Crippen molar-refractivity contribution < 1.29 is 4.74 Å². The second-order valence-electron chi connectivity index (χ2n) is 3.32. The first-order valence-corrected chi connectivity index (χ1v) is 4.49. The smallest absolute Gasteiger partial charge is 0.0754 e. The quantitative estimate of drug-likeness (QED) is 0.582. The molecular weight excluding hydrogens is 138 g/mol. The highest BCUT2D eigenvalue weighted by molar-refractivity contribution is 4.78. The van der Waals surface area contributed by atoms with Crippen molar-refractivity contribution in [3.8, 4) is 0 Å². The van der Waals surface area contributed by atoms with Crippen molar-refractivity contribution in [3.63, 3.8) is 0 Å². The lowest BCUT2D eigenvalue weighted by atomic mass is 10.1. The topological polar surface area (TPSA) is 21.3 Å². The molecule has 0 aliphatic carbocycles. The molecule has 0 amide bonds. The molecule has 0 aromatic rings. The Labute approximate surface area is 70.3 Å². The lowest BCUT2D eigenvalue weighted by Crippen LogP contribution is -2.49. The van der Waals surface area contributed by atoms with Crippen molar-refractivity contribution >= 4 is 0 Å². The lowest BCUT2D eigenvalue weighted by molar-refractivity contribution is -0.0853.